The number of fused-ring (bicyclic) bond motifs is 1. The van der Waals surface area contributed by atoms with Crippen LogP contribution in [0, 0.1) is 5.82 Å². The van der Waals surface area contributed by atoms with Crippen molar-refractivity contribution >= 4 is 27.0 Å². The molecule has 0 saturated heterocycles. The number of nitrogens with zero attached hydrogens (tertiary/aromatic N) is 1. The van der Waals surface area contributed by atoms with E-state index in [2.05, 4.69) is 25.9 Å². The van der Waals surface area contributed by atoms with Gasteiger partial charge in [0.15, 0.2) is 0 Å². The van der Waals surface area contributed by atoms with E-state index in [0.717, 1.165) is 0 Å². The van der Waals surface area contributed by atoms with Crippen LogP contribution in [0.4, 0.5) is 4.39 Å². The lowest BCUT2D eigenvalue weighted by Gasteiger charge is -1.93. The molecule has 3 nitrogen and oxygen atoms in total. The molecule has 0 bridgehead atoms. The molecule has 2 aromatic rings. The van der Waals surface area contributed by atoms with E-state index in [9.17, 15) is 4.39 Å². The van der Waals surface area contributed by atoms with Crippen molar-refractivity contribution in [2.75, 3.05) is 6.61 Å². The van der Waals surface area contributed by atoms with E-state index in [1.807, 2.05) is 6.92 Å². The predicted octanol–water partition coefficient (Wildman–Crippen LogP) is 2.86. The van der Waals surface area contributed by atoms with Crippen LogP contribution >= 0.6 is 15.9 Å². The van der Waals surface area contributed by atoms with Gasteiger partial charge < -0.3 is 9.72 Å². The highest BCUT2D eigenvalue weighted by Crippen LogP contribution is 2.23. The predicted molar refractivity (Wildman–Crippen MR) is 54.9 cm³/mol. The molecule has 1 aromatic heterocycles. The minimum atomic E-state index is -0.316. The summed E-state index contributed by atoms with van der Waals surface area (Å²) in [6.45, 7) is 2.40. The molecule has 0 saturated carbocycles. The first-order chi connectivity index (χ1) is 6.70. The first-order valence-electron chi connectivity index (χ1n) is 4.18. The van der Waals surface area contributed by atoms with Crippen LogP contribution in [-0.2, 0) is 0 Å². The zero-order valence-electron chi connectivity index (χ0n) is 7.47. The maximum absolute atomic E-state index is 13.1. The van der Waals surface area contributed by atoms with E-state index in [-0.39, 0.29) is 5.82 Å². The third-order valence-electron chi connectivity index (χ3n) is 1.78. The summed E-state index contributed by atoms with van der Waals surface area (Å²) in [5, 5.41) is 0. The van der Waals surface area contributed by atoms with Crippen molar-refractivity contribution in [3.05, 3.63) is 22.4 Å². The molecule has 1 heterocycles. The average molecular weight is 259 g/mol. The molecule has 0 amide bonds. The zero-order chi connectivity index (χ0) is 10.1. The van der Waals surface area contributed by atoms with Gasteiger partial charge in [-0.05, 0) is 28.9 Å². The molecular formula is C9H8BrFN2O. The zero-order valence-corrected chi connectivity index (χ0v) is 9.06. The highest BCUT2D eigenvalue weighted by Gasteiger charge is 2.07. The lowest BCUT2D eigenvalue weighted by Crippen LogP contribution is -1.92. The summed E-state index contributed by atoms with van der Waals surface area (Å²) in [5.41, 5.74) is 1.32. The molecule has 1 N–H and O–H groups in total. The number of halogens is 2. The molecule has 5 heteroatoms. The topological polar surface area (TPSA) is 37.9 Å². The van der Waals surface area contributed by atoms with Crippen molar-refractivity contribution in [1.82, 2.24) is 9.97 Å². The summed E-state index contributed by atoms with van der Waals surface area (Å²) in [6.07, 6.45) is 0. The van der Waals surface area contributed by atoms with E-state index in [1.165, 1.54) is 6.07 Å². The van der Waals surface area contributed by atoms with Gasteiger partial charge in [-0.25, -0.2) is 4.39 Å². The molecule has 14 heavy (non-hydrogen) atoms. The van der Waals surface area contributed by atoms with Gasteiger partial charge in [0.1, 0.15) is 5.82 Å². The fourth-order valence-corrected chi connectivity index (χ4v) is 1.52. The minimum absolute atomic E-state index is 0.316. The number of H-pyrrole nitrogens is 1. The lowest BCUT2D eigenvalue weighted by atomic mass is 10.3. The molecule has 2 rings (SSSR count). The Morgan fingerprint density at radius 3 is 3.07 bits per heavy atom. The Bertz CT molecular complexity index is 430. The molecule has 0 fully saturated rings. The van der Waals surface area contributed by atoms with Crippen LogP contribution in [0.3, 0.4) is 0 Å². The van der Waals surface area contributed by atoms with Crippen molar-refractivity contribution in [3.63, 3.8) is 0 Å². The number of imidazole rings is 1. The Kier molecular flexibility index (Phi) is 2.41. The summed E-state index contributed by atoms with van der Waals surface area (Å²) in [4.78, 5) is 7.00. The number of aromatic amines is 1. The number of hydrogen-bond acceptors (Lipinski definition) is 2. The van der Waals surface area contributed by atoms with E-state index in [4.69, 9.17) is 4.74 Å². The molecule has 1 aromatic carbocycles. The Labute approximate surface area is 88.4 Å². The summed E-state index contributed by atoms with van der Waals surface area (Å²) in [6, 6.07) is 3.42. The summed E-state index contributed by atoms with van der Waals surface area (Å²) in [5.74, 6) is -0.316. The SMILES string of the molecule is CCOc1nc2cc(Br)c(F)cc2[nH]1. The smallest absolute Gasteiger partial charge is 0.294 e. The Morgan fingerprint density at radius 1 is 1.57 bits per heavy atom. The Hall–Kier alpha value is -1.10. The van der Waals surface area contributed by atoms with Crippen molar-refractivity contribution < 1.29 is 9.13 Å². The van der Waals surface area contributed by atoms with E-state index >= 15 is 0 Å². The molecule has 0 radical (unpaired) electrons. The normalized spacial score (nSPS) is 10.8. The monoisotopic (exact) mass is 258 g/mol. The second-order valence-corrected chi connectivity index (χ2v) is 3.61. The van der Waals surface area contributed by atoms with Crippen LogP contribution in [0.15, 0.2) is 16.6 Å². The van der Waals surface area contributed by atoms with E-state index in [1.54, 1.807) is 6.07 Å². The van der Waals surface area contributed by atoms with Crippen LogP contribution in [0.2, 0.25) is 0 Å². The summed E-state index contributed by atoms with van der Waals surface area (Å²) in [7, 11) is 0. The van der Waals surface area contributed by atoms with Crippen LogP contribution in [0.5, 0.6) is 6.01 Å². The Balaban J connectivity index is 2.54. The molecule has 74 valence electrons. The average Bonchev–Trinajstić information content (AvgIpc) is 2.48. The number of rotatable bonds is 2. The largest absolute Gasteiger partial charge is 0.465 e. The molecule has 0 atom stereocenters. The van der Waals surface area contributed by atoms with Crippen LogP contribution in [0.25, 0.3) is 11.0 Å². The van der Waals surface area contributed by atoms with Gasteiger partial charge in [-0.15, -0.1) is 0 Å². The van der Waals surface area contributed by atoms with Crippen molar-refractivity contribution in [2.24, 2.45) is 0 Å². The third kappa shape index (κ3) is 1.59. The second kappa shape index (κ2) is 3.57. The number of hydrogen-bond donors (Lipinski definition) is 1. The molecular weight excluding hydrogens is 251 g/mol. The van der Waals surface area contributed by atoms with E-state index < -0.39 is 0 Å². The van der Waals surface area contributed by atoms with Crippen molar-refractivity contribution in [1.29, 1.82) is 0 Å². The molecule has 0 aliphatic carbocycles. The van der Waals surface area contributed by atoms with Crippen LogP contribution in [0.1, 0.15) is 6.92 Å². The maximum Gasteiger partial charge on any atom is 0.294 e. The van der Waals surface area contributed by atoms with Crippen molar-refractivity contribution in [3.8, 4) is 6.01 Å². The van der Waals surface area contributed by atoms with Gasteiger partial charge in [-0.2, -0.15) is 4.98 Å². The van der Waals surface area contributed by atoms with Gasteiger partial charge in [0.05, 0.1) is 22.1 Å². The van der Waals surface area contributed by atoms with Gasteiger partial charge in [0.2, 0.25) is 0 Å². The van der Waals surface area contributed by atoms with Crippen LogP contribution < -0.4 is 4.74 Å². The minimum Gasteiger partial charge on any atom is -0.465 e. The molecule has 0 spiro atoms. The van der Waals surface area contributed by atoms with Crippen molar-refractivity contribution in [2.45, 2.75) is 6.92 Å². The number of aromatic nitrogens is 2. The van der Waals surface area contributed by atoms with E-state index in [0.29, 0.717) is 28.1 Å². The highest BCUT2D eigenvalue weighted by molar-refractivity contribution is 9.10. The molecule has 0 unspecified atom stereocenters. The fourth-order valence-electron chi connectivity index (χ4n) is 1.19. The number of benzene rings is 1. The molecule has 0 aliphatic heterocycles. The Morgan fingerprint density at radius 2 is 2.36 bits per heavy atom. The summed E-state index contributed by atoms with van der Waals surface area (Å²) < 4.78 is 18.7. The quantitative estimate of drug-likeness (QED) is 0.900. The maximum atomic E-state index is 13.1. The van der Waals surface area contributed by atoms with Gasteiger partial charge in [0, 0.05) is 6.07 Å². The van der Waals surface area contributed by atoms with Crippen LogP contribution in [-0.4, -0.2) is 16.6 Å². The second-order valence-electron chi connectivity index (χ2n) is 2.76. The first kappa shape index (κ1) is 9.45. The summed E-state index contributed by atoms with van der Waals surface area (Å²) >= 11 is 3.09. The van der Waals surface area contributed by atoms with Gasteiger partial charge in [-0.3, -0.25) is 0 Å². The lowest BCUT2D eigenvalue weighted by molar-refractivity contribution is 0.317. The van der Waals surface area contributed by atoms with Gasteiger partial charge in [0.25, 0.3) is 6.01 Å². The van der Waals surface area contributed by atoms with Gasteiger partial charge >= 0.3 is 0 Å². The third-order valence-corrected chi connectivity index (χ3v) is 2.39. The number of nitrogens with one attached hydrogen (secondary N) is 1. The number of ether oxygens (including phenoxy) is 1. The standard InChI is InChI=1S/C9H8BrFN2O/c1-2-14-9-12-7-3-5(10)6(11)4-8(7)13-9/h3-4H,2H2,1H3,(H,12,13). The molecule has 0 aliphatic rings. The first-order valence-corrected chi connectivity index (χ1v) is 4.97. The van der Waals surface area contributed by atoms with Gasteiger partial charge in [-0.1, -0.05) is 0 Å². The highest BCUT2D eigenvalue weighted by atomic mass is 79.9. The fraction of sp³-hybridized carbons (Fsp3) is 0.222.